The van der Waals surface area contributed by atoms with Crippen LogP contribution in [0, 0.1) is 11.6 Å². The van der Waals surface area contributed by atoms with Crippen molar-refractivity contribution in [2.75, 3.05) is 20.2 Å². The van der Waals surface area contributed by atoms with E-state index in [4.69, 9.17) is 21.1 Å². The SMILES string of the molecule is COc1cc(F)ccc1O[C@@H]1CCN(C(=O)c2ccc(Cl)cc2F)C[C@H]1O. The van der Waals surface area contributed by atoms with Gasteiger partial charge in [0.25, 0.3) is 5.91 Å². The molecule has 1 saturated heterocycles. The summed E-state index contributed by atoms with van der Waals surface area (Å²) in [4.78, 5) is 13.9. The Balaban J connectivity index is 1.68. The van der Waals surface area contributed by atoms with Gasteiger partial charge in [-0.15, -0.1) is 0 Å². The van der Waals surface area contributed by atoms with E-state index in [9.17, 15) is 18.7 Å². The third-order valence-corrected chi connectivity index (χ3v) is 4.61. The standard InChI is InChI=1S/C19H18ClF2NO4/c1-26-18-9-12(21)3-5-17(18)27-16-6-7-23(10-15(16)24)19(25)13-4-2-11(20)8-14(13)22/h2-5,8-9,15-16,24H,6-7,10H2,1H3/t15-,16-/m1/s1. The van der Waals surface area contributed by atoms with Crippen LogP contribution >= 0.6 is 11.6 Å². The maximum absolute atomic E-state index is 14.0. The van der Waals surface area contributed by atoms with Gasteiger partial charge in [-0.25, -0.2) is 8.78 Å². The summed E-state index contributed by atoms with van der Waals surface area (Å²) < 4.78 is 38.1. The summed E-state index contributed by atoms with van der Waals surface area (Å²) in [5, 5.41) is 10.6. The lowest BCUT2D eigenvalue weighted by Crippen LogP contribution is -2.51. The molecule has 2 aromatic rings. The molecule has 1 aliphatic rings. The third kappa shape index (κ3) is 4.31. The smallest absolute Gasteiger partial charge is 0.256 e. The number of β-amino-alcohol motifs (C(OH)–C–C–N with tert-alkyl or cyclic N) is 1. The van der Waals surface area contributed by atoms with Crippen molar-refractivity contribution in [3.05, 3.63) is 58.6 Å². The van der Waals surface area contributed by atoms with Crippen LogP contribution in [0.2, 0.25) is 5.02 Å². The maximum Gasteiger partial charge on any atom is 0.256 e. The average Bonchev–Trinajstić information content (AvgIpc) is 2.64. The Bertz CT molecular complexity index is 848. The van der Waals surface area contributed by atoms with E-state index >= 15 is 0 Å². The van der Waals surface area contributed by atoms with Crippen LogP contribution in [0.1, 0.15) is 16.8 Å². The summed E-state index contributed by atoms with van der Waals surface area (Å²) in [5.74, 6) is -1.20. The van der Waals surface area contributed by atoms with Crippen LogP contribution < -0.4 is 9.47 Å². The molecule has 5 nitrogen and oxygen atoms in total. The van der Waals surface area contributed by atoms with E-state index in [1.54, 1.807) is 0 Å². The molecule has 0 saturated carbocycles. The zero-order valence-electron chi connectivity index (χ0n) is 14.5. The quantitative estimate of drug-likeness (QED) is 0.860. The van der Waals surface area contributed by atoms with Gasteiger partial charge in [-0.2, -0.15) is 0 Å². The number of ether oxygens (including phenoxy) is 2. The number of piperidine rings is 1. The van der Waals surface area contributed by atoms with Crippen molar-refractivity contribution in [1.29, 1.82) is 0 Å². The molecule has 0 spiro atoms. The molecule has 0 aliphatic carbocycles. The Hall–Kier alpha value is -2.38. The fourth-order valence-corrected chi connectivity index (χ4v) is 3.13. The van der Waals surface area contributed by atoms with Crippen molar-refractivity contribution in [2.24, 2.45) is 0 Å². The lowest BCUT2D eigenvalue weighted by atomic mass is 10.0. The van der Waals surface area contributed by atoms with Gasteiger partial charge in [0.05, 0.1) is 19.2 Å². The number of aliphatic hydroxyl groups excluding tert-OH is 1. The van der Waals surface area contributed by atoms with E-state index in [1.807, 2.05) is 0 Å². The lowest BCUT2D eigenvalue weighted by molar-refractivity contribution is -0.0208. The number of halogens is 3. The first-order valence-corrected chi connectivity index (χ1v) is 8.69. The summed E-state index contributed by atoms with van der Waals surface area (Å²) in [6, 6.07) is 7.66. The van der Waals surface area contributed by atoms with Gasteiger partial charge in [0.15, 0.2) is 11.5 Å². The molecule has 0 unspecified atom stereocenters. The van der Waals surface area contributed by atoms with E-state index in [1.165, 1.54) is 42.3 Å². The van der Waals surface area contributed by atoms with Crippen molar-refractivity contribution in [2.45, 2.75) is 18.6 Å². The molecule has 2 aromatic carbocycles. The van der Waals surface area contributed by atoms with E-state index in [0.717, 1.165) is 6.07 Å². The predicted molar refractivity (Wildman–Crippen MR) is 95.3 cm³/mol. The van der Waals surface area contributed by atoms with Crippen molar-refractivity contribution >= 4 is 17.5 Å². The number of carbonyl (C=O) groups is 1. The molecule has 8 heteroatoms. The van der Waals surface area contributed by atoms with Crippen LogP contribution in [0.5, 0.6) is 11.5 Å². The number of hydrogen-bond acceptors (Lipinski definition) is 4. The largest absolute Gasteiger partial charge is 0.493 e. The molecule has 1 N–H and O–H groups in total. The number of rotatable bonds is 4. The Labute approximate surface area is 160 Å². The van der Waals surface area contributed by atoms with E-state index < -0.39 is 29.7 Å². The molecule has 1 fully saturated rings. The summed E-state index contributed by atoms with van der Waals surface area (Å²) >= 11 is 5.71. The molecule has 3 rings (SSSR count). The fraction of sp³-hybridized carbons (Fsp3) is 0.316. The first-order valence-electron chi connectivity index (χ1n) is 8.31. The third-order valence-electron chi connectivity index (χ3n) is 4.37. The second-order valence-corrected chi connectivity index (χ2v) is 6.62. The summed E-state index contributed by atoms with van der Waals surface area (Å²) in [7, 11) is 1.39. The highest BCUT2D eigenvalue weighted by Gasteiger charge is 2.33. The molecule has 1 aliphatic heterocycles. The van der Waals surface area contributed by atoms with Crippen LogP contribution in [-0.2, 0) is 0 Å². The lowest BCUT2D eigenvalue weighted by Gasteiger charge is -2.36. The minimum absolute atomic E-state index is 0.0188. The first-order chi connectivity index (χ1) is 12.9. The van der Waals surface area contributed by atoms with Gasteiger partial charge in [-0.3, -0.25) is 4.79 Å². The van der Waals surface area contributed by atoms with Crippen molar-refractivity contribution in [3.63, 3.8) is 0 Å². The van der Waals surface area contributed by atoms with Crippen molar-refractivity contribution in [3.8, 4) is 11.5 Å². The highest BCUT2D eigenvalue weighted by atomic mass is 35.5. The van der Waals surface area contributed by atoms with Crippen molar-refractivity contribution in [1.82, 2.24) is 4.90 Å². The number of methoxy groups -OCH3 is 1. The molecule has 144 valence electrons. The van der Waals surface area contributed by atoms with Crippen LogP contribution in [0.15, 0.2) is 36.4 Å². The van der Waals surface area contributed by atoms with Gasteiger partial charge in [0.2, 0.25) is 0 Å². The maximum atomic E-state index is 14.0. The van der Waals surface area contributed by atoms with E-state index in [2.05, 4.69) is 0 Å². The van der Waals surface area contributed by atoms with Crippen LogP contribution in [0.4, 0.5) is 8.78 Å². The topological polar surface area (TPSA) is 59.0 Å². The molecule has 2 atom stereocenters. The van der Waals surface area contributed by atoms with Gasteiger partial charge in [-0.05, 0) is 30.3 Å². The van der Waals surface area contributed by atoms with Crippen LogP contribution in [0.3, 0.4) is 0 Å². The number of aliphatic hydroxyl groups is 1. The van der Waals surface area contributed by atoms with Crippen LogP contribution in [-0.4, -0.2) is 48.3 Å². The Morgan fingerprint density at radius 1 is 1.22 bits per heavy atom. The molecule has 0 aromatic heterocycles. The molecule has 1 heterocycles. The summed E-state index contributed by atoms with van der Waals surface area (Å²) in [6.45, 7) is 0.251. The monoisotopic (exact) mass is 397 g/mol. The zero-order valence-corrected chi connectivity index (χ0v) is 15.2. The van der Waals surface area contributed by atoms with Gasteiger partial charge >= 0.3 is 0 Å². The van der Waals surface area contributed by atoms with E-state index in [-0.39, 0.29) is 29.4 Å². The fourth-order valence-electron chi connectivity index (χ4n) is 2.97. The van der Waals surface area contributed by atoms with Gasteiger partial charge in [0.1, 0.15) is 23.8 Å². The highest BCUT2D eigenvalue weighted by molar-refractivity contribution is 6.30. The predicted octanol–water partition coefficient (Wildman–Crippen LogP) is 3.28. The second kappa shape index (κ2) is 8.10. The molecule has 0 bridgehead atoms. The first kappa shape index (κ1) is 19.4. The van der Waals surface area contributed by atoms with Gasteiger partial charge < -0.3 is 19.5 Å². The molecule has 27 heavy (non-hydrogen) atoms. The Kier molecular flexibility index (Phi) is 5.82. The average molecular weight is 398 g/mol. The normalized spacial score (nSPS) is 19.7. The highest BCUT2D eigenvalue weighted by Crippen LogP contribution is 2.30. The molecular weight excluding hydrogens is 380 g/mol. The number of amides is 1. The number of hydrogen-bond donors (Lipinski definition) is 1. The minimum Gasteiger partial charge on any atom is -0.493 e. The Morgan fingerprint density at radius 3 is 2.67 bits per heavy atom. The number of benzene rings is 2. The van der Waals surface area contributed by atoms with Crippen LogP contribution in [0.25, 0.3) is 0 Å². The Morgan fingerprint density at radius 2 is 2.00 bits per heavy atom. The summed E-state index contributed by atoms with van der Waals surface area (Å²) in [5.41, 5.74) is -0.105. The molecular formula is C19H18ClF2NO4. The van der Waals surface area contributed by atoms with Gasteiger partial charge in [0, 0.05) is 24.1 Å². The zero-order chi connectivity index (χ0) is 19.6. The second-order valence-electron chi connectivity index (χ2n) is 6.18. The number of nitrogens with zero attached hydrogens (tertiary/aromatic N) is 1. The molecule has 0 radical (unpaired) electrons. The number of carbonyl (C=O) groups excluding carboxylic acids is 1. The van der Waals surface area contributed by atoms with Crippen molar-refractivity contribution < 1.29 is 28.2 Å². The molecule has 1 amide bonds. The van der Waals surface area contributed by atoms with Gasteiger partial charge in [-0.1, -0.05) is 11.6 Å². The summed E-state index contributed by atoms with van der Waals surface area (Å²) in [6.07, 6.45) is -1.28. The minimum atomic E-state index is -0.993. The van der Waals surface area contributed by atoms with E-state index in [0.29, 0.717) is 12.2 Å². The number of likely N-dealkylation sites (tertiary alicyclic amines) is 1.